The molecule has 34 heavy (non-hydrogen) atoms. The Kier molecular flexibility index (Phi) is 8.11. The number of benzene rings is 2. The zero-order valence-corrected chi connectivity index (χ0v) is 19.3. The van der Waals surface area contributed by atoms with Gasteiger partial charge in [-0.3, -0.25) is 24.6 Å². The van der Waals surface area contributed by atoms with E-state index in [2.05, 4.69) is 12.5 Å². The lowest BCUT2D eigenvalue weighted by Gasteiger charge is -2.17. The normalized spacial score (nSPS) is 14.2. The van der Waals surface area contributed by atoms with Crippen LogP contribution in [0.5, 0.6) is 11.5 Å². The maximum absolute atomic E-state index is 12.5. The average Bonchev–Trinajstić information content (AvgIpc) is 3.07. The maximum atomic E-state index is 12.5. The van der Waals surface area contributed by atoms with Gasteiger partial charge in [-0.25, -0.2) is 0 Å². The van der Waals surface area contributed by atoms with Crippen molar-refractivity contribution in [1.82, 2.24) is 4.90 Å². The summed E-state index contributed by atoms with van der Waals surface area (Å²) in [6.07, 6.45) is 9.06. The lowest BCUT2D eigenvalue weighted by molar-refractivity contribution is -0.384. The van der Waals surface area contributed by atoms with Crippen molar-refractivity contribution in [2.75, 3.05) is 13.2 Å². The van der Waals surface area contributed by atoms with Gasteiger partial charge in [0.05, 0.1) is 23.0 Å². The summed E-state index contributed by atoms with van der Waals surface area (Å²) in [7, 11) is 0. The van der Waals surface area contributed by atoms with Gasteiger partial charge in [-0.2, -0.15) is 0 Å². The molecule has 0 unspecified atom stereocenters. The fraction of sp³-hybridized carbons (Fsp3) is 0.200. The van der Waals surface area contributed by atoms with E-state index in [0.717, 1.165) is 27.8 Å². The molecular weight excluding hydrogens is 456 g/mol. The highest BCUT2D eigenvalue weighted by Crippen LogP contribution is 2.37. The van der Waals surface area contributed by atoms with Gasteiger partial charge in [0, 0.05) is 17.7 Å². The molecular formula is C25H22N2O6S. The van der Waals surface area contributed by atoms with Gasteiger partial charge in [0.2, 0.25) is 0 Å². The van der Waals surface area contributed by atoms with Crippen LogP contribution < -0.4 is 9.47 Å². The highest BCUT2D eigenvalue weighted by Gasteiger charge is 2.34. The van der Waals surface area contributed by atoms with E-state index < -0.39 is 16.1 Å². The number of allylic oxidation sites excluding steroid dienone is 1. The number of hydrogen-bond donors (Lipinski definition) is 0. The number of imide groups is 1. The van der Waals surface area contributed by atoms with Crippen molar-refractivity contribution >= 4 is 34.7 Å². The molecule has 0 spiro atoms. The van der Waals surface area contributed by atoms with Gasteiger partial charge in [-0.05, 0) is 66.6 Å². The second-order valence-corrected chi connectivity index (χ2v) is 8.11. The van der Waals surface area contributed by atoms with E-state index in [4.69, 9.17) is 15.9 Å². The minimum atomic E-state index is -0.458. The highest BCUT2D eigenvalue weighted by molar-refractivity contribution is 8.18. The molecule has 2 aromatic rings. The molecule has 0 N–H and O–H groups in total. The number of ether oxygens (including phenoxy) is 2. The Labute approximate surface area is 201 Å². The molecule has 1 aliphatic rings. The summed E-state index contributed by atoms with van der Waals surface area (Å²) in [4.78, 5) is 36.3. The molecule has 0 atom stereocenters. The minimum absolute atomic E-state index is 0.00196. The zero-order valence-electron chi connectivity index (χ0n) is 18.5. The summed E-state index contributed by atoms with van der Waals surface area (Å²) < 4.78 is 11.9. The number of non-ortho nitro benzene ring substituents is 1. The number of carbonyl (C=O) groups is 2. The number of thioether (sulfide) groups is 1. The first-order chi connectivity index (χ1) is 16.4. The maximum Gasteiger partial charge on any atom is 0.294 e. The first kappa shape index (κ1) is 24.6. The predicted octanol–water partition coefficient (Wildman–Crippen LogP) is 4.97. The molecule has 1 fully saturated rings. The van der Waals surface area contributed by atoms with Crippen molar-refractivity contribution in [3.8, 4) is 23.8 Å². The van der Waals surface area contributed by atoms with Gasteiger partial charge in [0.1, 0.15) is 6.61 Å². The van der Waals surface area contributed by atoms with E-state index in [1.54, 1.807) is 30.4 Å². The van der Waals surface area contributed by atoms with Crippen LogP contribution in [-0.2, 0) is 17.8 Å². The summed E-state index contributed by atoms with van der Waals surface area (Å²) in [5.41, 5.74) is 2.19. The van der Waals surface area contributed by atoms with Crippen LogP contribution in [0.15, 0.2) is 54.0 Å². The van der Waals surface area contributed by atoms with Gasteiger partial charge in [-0.1, -0.05) is 12.0 Å². The molecule has 2 aromatic carbocycles. The molecule has 0 aliphatic carbocycles. The summed E-state index contributed by atoms with van der Waals surface area (Å²) in [5.74, 6) is 2.86. The van der Waals surface area contributed by atoms with E-state index in [0.29, 0.717) is 30.1 Å². The Bertz CT molecular complexity index is 1200. The van der Waals surface area contributed by atoms with Crippen LogP contribution in [-0.4, -0.2) is 34.1 Å². The second-order valence-electron chi connectivity index (χ2n) is 7.12. The van der Waals surface area contributed by atoms with Crippen LogP contribution in [0.2, 0.25) is 0 Å². The number of rotatable bonds is 10. The van der Waals surface area contributed by atoms with Crippen molar-refractivity contribution in [3.05, 3.63) is 80.8 Å². The number of nitrogens with zero attached hydrogens (tertiary/aromatic N) is 2. The second kappa shape index (κ2) is 11.2. The number of nitro benzene ring substituents is 1. The SMILES string of the molecule is C#CCN1C(=O)S/C(=C/c2cc(CC=C)c(OCc3ccc([N+](=O)[O-])cc3)c(OCC)c2)C1=O. The average molecular weight is 479 g/mol. The van der Waals surface area contributed by atoms with Crippen molar-refractivity contribution in [2.24, 2.45) is 0 Å². The van der Waals surface area contributed by atoms with E-state index in [1.807, 2.05) is 13.0 Å². The predicted molar refractivity (Wildman–Crippen MR) is 130 cm³/mol. The number of terminal acetylenes is 1. The molecule has 8 nitrogen and oxygen atoms in total. The Morgan fingerprint density at radius 1 is 1.24 bits per heavy atom. The molecule has 1 aliphatic heterocycles. The third-order valence-corrected chi connectivity index (χ3v) is 5.68. The van der Waals surface area contributed by atoms with E-state index >= 15 is 0 Å². The van der Waals surface area contributed by atoms with Crippen molar-refractivity contribution in [3.63, 3.8) is 0 Å². The van der Waals surface area contributed by atoms with Crippen LogP contribution >= 0.6 is 11.8 Å². The van der Waals surface area contributed by atoms with Gasteiger partial charge in [-0.15, -0.1) is 13.0 Å². The van der Waals surface area contributed by atoms with E-state index in [1.165, 1.54) is 12.1 Å². The molecule has 2 amide bonds. The first-order valence-electron chi connectivity index (χ1n) is 10.3. The number of carbonyl (C=O) groups excluding carboxylic acids is 2. The Morgan fingerprint density at radius 2 is 1.97 bits per heavy atom. The van der Waals surface area contributed by atoms with Crippen molar-refractivity contribution in [1.29, 1.82) is 0 Å². The number of nitro groups is 1. The fourth-order valence-corrected chi connectivity index (χ4v) is 4.09. The molecule has 3 rings (SSSR count). The van der Waals surface area contributed by atoms with Crippen LogP contribution in [0.4, 0.5) is 10.5 Å². The smallest absolute Gasteiger partial charge is 0.294 e. The van der Waals surface area contributed by atoms with Crippen LogP contribution in [0.3, 0.4) is 0 Å². The zero-order chi connectivity index (χ0) is 24.7. The molecule has 0 saturated carbocycles. The molecule has 0 bridgehead atoms. The van der Waals surface area contributed by atoms with E-state index in [9.17, 15) is 19.7 Å². The summed E-state index contributed by atoms with van der Waals surface area (Å²) in [6, 6.07) is 9.67. The van der Waals surface area contributed by atoms with Crippen LogP contribution in [0, 0.1) is 22.5 Å². The van der Waals surface area contributed by atoms with Crippen molar-refractivity contribution < 1.29 is 24.0 Å². The molecule has 174 valence electrons. The highest BCUT2D eigenvalue weighted by atomic mass is 32.2. The monoisotopic (exact) mass is 478 g/mol. The Morgan fingerprint density at radius 3 is 2.59 bits per heavy atom. The summed E-state index contributed by atoms with van der Waals surface area (Å²) in [6.45, 7) is 6.11. The van der Waals surface area contributed by atoms with Crippen LogP contribution in [0.1, 0.15) is 23.6 Å². The Hall–Kier alpha value is -4.03. The topological polar surface area (TPSA) is 99.0 Å². The largest absolute Gasteiger partial charge is 0.490 e. The third kappa shape index (κ3) is 5.66. The van der Waals surface area contributed by atoms with Gasteiger partial charge >= 0.3 is 0 Å². The van der Waals surface area contributed by atoms with Gasteiger partial charge in [0.15, 0.2) is 11.5 Å². The summed E-state index contributed by atoms with van der Waals surface area (Å²) in [5, 5.41) is 10.5. The van der Waals surface area contributed by atoms with Gasteiger partial charge < -0.3 is 9.47 Å². The molecule has 0 radical (unpaired) electrons. The first-order valence-corrected chi connectivity index (χ1v) is 11.1. The Balaban J connectivity index is 1.92. The third-order valence-electron chi connectivity index (χ3n) is 4.77. The van der Waals surface area contributed by atoms with Gasteiger partial charge in [0.25, 0.3) is 16.8 Å². The van der Waals surface area contributed by atoms with E-state index in [-0.39, 0.29) is 23.7 Å². The molecule has 1 heterocycles. The number of hydrogen-bond acceptors (Lipinski definition) is 7. The number of amides is 2. The standard InChI is InChI=1S/C25H22N2O6S/c1-4-7-19-13-18(15-22-24(28)26(12-5-2)25(29)34-22)14-21(32-6-3)23(19)33-16-17-8-10-20(11-9-17)27(30)31/h2,4,8-11,13-15H,1,6-7,12,16H2,3H3/b22-15+. The lowest BCUT2D eigenvalue weighted by atomic mass is 10.0. The van der Waals surface area contributed by atoms with Crippen molar-refractivity contribution in [2.45, 2.75) is 20.0 Å². The molecule has 1 saturated heterocycles. The molecule has 9 heteroatoms. The quantitative estimate of drug-likeness (QED) is 0.156. The minimum Gasteiger partial charge on any atom is -0.490 e. The molecule has 0 aromatic heterocycles. The van der Waals surface area contributed by atoms with Crippen LogP contribution in [0.25, 0.3) is 6.08 Å². The summed E-state index contributed by atoms with van der Waals surface area (Å²) >= 11 is 0.833. The fourth-order valence-electron chi connectivity index (χ4n) is 3.25. The lowest BCUT2D eigenvalue weighted by Crippen LogP contribution is -2.28.